The van der Waals surface area contributed by atoms with E-state index in [1.165, 1.54) is 11.8 Å². The number of carbonyl (C=O) groups excluding carboxylic acids is 1. The number of aliphatic hydroxyl groups is 1. The predicted molar refractivity (Wildman–Crippen MR) is 55.8 cm³/mol. The van der Waals surface area contributed by atoms with Gasteiger partial charge in [-0.25, -0.2) is 0 Å². The standard InChI is InChI=1S/C10H16O2S/c1-5-6(2)10(4)8(11)7(3)9(12)13-10/h6,11H,5H2,1-4H3. The Hall–Kier alpha value is -0.440. The molecule has 0 bridgehead atoms. The van der Waals surface area contributed by atoms with Crippen LogP contribution in [0, 0.1) is 5.92 Å². The van der Waals surface area contributed by atoms with Crippen LogP contribution >= 0.6 is 11.8 Å². The van der Waals surface area contributed by atoms with Gasteiger partial charge in [-0.15, -0.1) is 0 Å². The lowest BCUT2D eigenvalue weighted by atomic mass is 9.89. The number of rotatable bonds is 2. The highest BCUT2D eigenvalue weighted by Crippen LogP contribution is 2.47. The maximum Gasteiger partial charge on any atom is 0.219 e. The van der Waals surface area contributed by atoms with Gasteiger partial charge in [-0.05, 0) is 19.8 Å². The monoisotopic (exact) mass is 200 g/mol. The molecule has 1 N–H and O–H groups in total. The molecule has 0 saturated heterocycles. The van der Waals surface area contributed by atoms with Crippen LogP contribution in [-0.4, -0.2) is 15.0 Å². The van der Waals surface area contributed by atoms with Crippen molar-refractivity contribution >= 4 is 16.9 Å². The van der Waals surface area contributed by atoms with E-state index < -0.39 is 4.75 Å². The van der Waals surface area contributed by atoms with E-state index in [2.05, 4.69) is 13.8 Å². The van der Waals surface area contributed by atoms with E-state index in [1.54, 1.807) is 6.92 Å². The highest BCUT2D eigenvalue weighted by atomic mass is 32.2. The second-order valence-corrected chi connectivity index (χ2v) is 5.20. The summed E-state index contributed by atoms with van der Waals surface area (Å²) in [5, 5.41) is 9.84. The summed E-state index contributed by atoms with van der Waals surface area (Å²) in [7, 11) is 0. The maximum absolute atomic E-state index is 11.4. The number of hydrogen-bond acceptors (Lipinski definition) is 3. The van der Waals surface area contributed by atoms with E-state index in [9.17, 15) is 9.90 Å². The van der Waals surface area contributed by atoms with Crippen molar-refractivity contribution < 1.29 is 9.90 Å². The topological polar surface area (TPSA) is 37.3 Å². The molecule has 0 fully saturated rings. The number of thioether (sulfide) groups is 1. The fourth-order valence-electron chi connectivity index (χ4n) is 1.51. The smallest absolute Gasteiger partial charge is 0.219 e. The molecule has 1 aliphatic rings. The highest BCUT2D eigenvalue weighted by molar-refractivity contribution is 8.15. The van der Waals surface area contributed by atoms with Crippen molar-refractivity contribution in [3.63, 3.8) is 0 Å². The molecule has 2 unspecified atom stereocenters. The van der Waals surface area contributed by atoms with E-state index in [-0.39, 0.29) is 10.9 Å². The van der Waals surface area contributed by atoms with Crippen molar-refractivity contribution in [1.82, 2.24) is 0 Å². The normalized spacial score (nSPS) is 31.2. The molecule has 1 rings (SSSR count). The summed E-state index contributed by atoms with van der Waals surface area (Å²) in [6.45, 7) is 7.77. The number of hydrogen-bond donors (Lipinski definition) is 1. The second-order valence-electron chi connectivity index (χ2n) is 3.78. The van der Waals surface area contributed by atoms with Crippen molar-refractivity contribution in [3.05, 3.63) is 11.3 Å². The minimum atomic E-state index is -0.393. The fourth-order valence-corrected chi connectivity index (χ4v) is 2.76. The van der Waals surface area contributed by atoms with Crippen molar-refractivity contribution in [1.29, 1.82) is 0 Å². The van der Waals surface area contributed by atoms with Crippen molar-refractivity contribution in [3.8, 4) is 0 Å². The van der Waals surface area contributed by atoms with E-state index >= 15 is 0 Å². The molecule has 0 saturated carbocycles. The van der Waals surface area contributed by atoms with Crippen LogP contribution in [0.2, 0.25) is 0 Å². The van der Waals surface area contributed by atoms with Crippen molar-refractivity contribution in [2.45, 2.75) is 38.9 Å². The molecule has 3 heteroatoms. The molecule has 2 nitrogen and oxygen atoms in total. The minimum absolute atomic E-state index is 0.0142. The van der Waals surface area contributed by atoms with Crippen molar-refractivity contribution in [2.24, 2.45) is 5.92 Å². The van der Waals surface area contributed by atoms with Gasteiger partial charge in [-0.1, -0.05) is 32.0 Å². The average molecular weight is 200 g/mol. The molecule has 0 aromatic carbocycles. The van der Waals surface area contributed by atoms with Gasteiger partial charge in [-0.3, -0.25) is 4.79 Å². The molecule has 2 atom stereocenters. The molecule has 74 valence electrons. The van der Waals surface area contributed by atoms with Gasteiger partial charge in [0, 0.05) is 5.57 Å². The summed E-state index contributed by atoms with van der Waals surface area (Å²) < 4.78 is -0.393. The molecule has 0 aromatic heterocycles. The Balaban J connectivity index is 3.03. The van der Waals surface area contributed by atoms with E-state index in [4.69, 9.17) is 0 Å². The first-order chi connectivity index (χ1) is 5.93. The molecule has 0 spiro atoms. The molecule has 0 amide bonds. The van der Waals surface area contributed by atoms with Crippen molar-refractivity contribution in [2.75, 3.05) is 0 Å². The second kappa shape index (κ2) is 3.37. The van der Waals surface area contributed by atoms with Gasteiger partial charge >= 0.3 is 0 Å². The Kier molecular flexibility index (Phi) is 2.76. The third-order valence-corrected chi connectivity index (χ3v) is 4.50. The molecule has 0 radical (unpaired) electrons. The van der Waals surface area contributed by atoms with Crippen LogP contribution in [0.15, 0.2) is 11.3 Å². The summed E-state index contributed by atoms with van der Waals surface area (Å²) in [4.78, 5) is 11.4. The Morgan fingerprint density at radius 3 is 2.46 bits per heavy atom. The Morgan fingerprint density at radius 1 is 1.62 bits per heavy atom. The first-order valence-electron chi connectivity index (χ1n) is 4.57. The van der Waals surface area contributed by atoms with Gasteiger partial charge in [0.2, 0.25) is 5.12 Å². The van der Waals surface area contributed by atoms with Crippen LogP contribution < -0.4 is 0 Å². The summed E-state index contributed by atoms with van der Waals surface area (Å²) in [6, 6.07) is 0. The van der Waals surface area contributed by atoms with E-state index in [1.807, 2.05) is 6.92 Å². The van der Waals surface area contributed by atoms with Gasteiger partial charge in [-0.2, -0.15) is 0 Å². The van der Waals surface area contributed by atoms with Crippen LogP contribution in [0.3, 0.4) is 0 Å². The molecule has 1 aliphatic heterocycles. The van der Waals surface area contributed by atoms with E-state index in [0.29, 0.717) is 11.5 Å². The number of aliphatic hydroxyl groups excluding tert-OH is 1. The average Bonchev–Trinajstić information content (AvgIpc) is 2.30. The molecule has 13 heavy (non-hydrogen) atoms. The molecular weight excluding hydrogens is 184 g/mol. The third kappa shape index (κ3) is 1.50. The van der Waals surface area contributed by atoms with Gasteiger partial charge in [0.15, 0.2) is 0 Å². The largest absolute Gasteiger partial charge is 0.510 e. The summed E-state index contributed by atoms with van der Waals surface area (Å²) >= 11 is 1.25. The summed E-state index contributed by atoms with van der Waals surface area (Å²) in [5.41, 5.74) is 0.521. The zero-order chi connectivity index (χ0) is 10.2. The SMILES string of the molecule is CCC(C)C1(C)SC(=O)C(C)=C1O. The van der Waals surface area contributed by atoms with Gasteiger partial charge in [0.1, 0.15) is 5.76 Å². The van der Waals surface area contributed by atoms with Crippen LogP contribution in [0.5, 0.6) is 0 Å². The van der Waals surface area contributed by atoms with Gasteiger partial charge in [0.05, 0.1) is 4.75 Å². The van der Waals surface area contributed by atoms with Gasteiger partial charge < -0.3 is 5.11 Å². The Morgan fingerprint density at radius 2 is 2.15 bits per heavy atom. The Labute approximate surface area is 83.4 Å². The molecule has 1 heterocycles. The summed E-state index contributed by atoms with van der Waals surface area (Å²) in [6.07, 6.45) is 0.966. The molecule has 0 aromatic rings. The van der Waals surface area contributed by atoms with Crippen LogP contribution in [0.1, 0.15) is 34.1 Å². The first kappa shape index (κ1) is 10.6. The number of carbonyl (C=O) groups is 1. The lowest BCUT2D eigenvalue weighted by molar-refractivity contribution is -0.107. The zero-order valence-corrected chi connectivity index (χ0v) is 9.36. The lowest BCUT2D eigenvalue weighted by Gasteiger charge is -2.29. The molecular formula is C10H16O2S. The quantitative estimate of drug-likeness (QED) is 0.744. The first-order valence-corrected chi connectivity index (χ1v) is 5.38. The summed E-state index contributed by atoms with van der Waals surface area (Å²) in [5.74, 6) is 0.593. The predicted octanol–water partition coefficient (Wildman–Crippen LogP) is 2.90. The zero-order valence-electron chi connectivity index (χ0n) is 8.55. The molecule has 0 aliphatic carbocycles. The van der Waals surface area contributed by atoms with Crippen LogP contribution in [0.25, 0.3) is 0 Å². The highest BCUT2D eigenvalue weighted by Gasteiger charge is 2.44. The van der Waals surface area contributed by atoms with E-state index in [0.717, 1.165) is 6.42 Å². The van der Waals surface area contributed by atoms with Crippen LogP contribution in [0.4, 0.5) is 0 Å². The third-order valence-electron chi connectivity index (χ3n) is 2.99. The fraction of sp³-hybridized carbons (Fsp3) is 0.700. The van der Waals surface area contributed by atoms with Gasteiger partial charge in [0.25, 0.3) is 0 Å². The Bertz CT molecular complexity index is 270. The van der Waals surface area contributed by atoms with Crippen LogP contribution in [-0.2, 0) is 4.79 Å². The minimum Gasteiger partial charge on any atom is -0.510 e. The lowest BCUT2D eigenvalue weighted by Crippen LogP contribution is -2.29. The maximum atomic E-state index is 11.4.